The van der Waals surface area contributed by atoms with E-state index in [2.05, 4.69) is 5.32 Å². The standard InChI is InChI=1S/C17H23F4N3O/c1-12(2)24(11-17(19,20)21)16(25)10-23-7-6-22-9-15(23)13-4-3-5-14(18)8-13/h3-5,8,12,15,22H,6-7,9-11H2,1-2H3. The molecule has 1 aliphatic rings. The molecule has 1 atom stereocenters. The first-order valence-electron chi connectivity index (χ1n) is 8.24. The molecule has 1 aromatic rings. The number of hydrogen-bond donors (Lipinski definition) is 1. The monoisotopic (exact) mass is 361 g/mol. The number of hydrogen-bond acceptors (Lipinski definition) is 3. The SMILES string of the molecule is CC(C)N(CC(F)(F)F)C(=O)CN1CCNCC1c1cccc(F)c1. The van der Waals surface area contributed by atoms with Gasteiger partial charge in [-0.05, 0) is 31.5 Å². The number of rotatable bonds is 5. The summed E-state index contributed by atoms with van der Waals surface area (Å²) in [5.41, 5.74) is 0.701. The van der Waals surface area contributed by atoms with Gasteiger partial charge in [-0.1, -0.05) is 12.1 Å². The molecule has 1 N–H and O–H groups in total. The van der Waals surface area contributed by atoms with Crippen molar-refractivity contribution in [2.75, 3.05) is 32.7 Å². The molecule has 0 aromatic heterocycles. The molecule has 0 radical (unpaired) electrons. The molecular weight excluding hydrogens is 338 g/mol. The molecular formula is C17H23F4N3O. The maximum absolute atomic E-state index is 13.5. The summed E-state index contributed by atoms with van der Waals surface area (Å²) < 4.78 is 51.7. The van der Waals surface area contributed by atoms with Crippen LogP contribution in [0.3, 0.4) is 0 Å². The van der Waals surface area contributed by atoms with Crippen LogP contribution in [-0.4, -0.2) is 60.6 Å². The van der Waals surface area contributed by atoms with Gasteiger partial charge >= 0.3 is 6.18 Å². The lowest BCUT2D eigenvalue weighted by atomic mass is 10.0. The summed E-state index contributed by atoms with van der Waals surface area (Å²) in [5.74, 6) is -0.953. The fourth-order valence-electron chi connectivity index (χ4n) is 2.99. The van der Waals surface area contributed by atoms with Crippen LogP contribution in [0.2, 0.25) is 0 Å². The number of alkyl halides is 3. The number of nitrogens with zero attached hydrogens (tertiary/aromatic N) is 2. The lowest BCUT2D eigenvalue weighted by molar-refractivity contribution is -0.165. The van der Waals surface area contributed by atoms with Gasteiger partial charge in [0.1, 0.15) is 12.4 Å². The largest absolute Gasteiger partial charge is 0.406 e. The van der Waals surface area contributed by atoms with Crippen molar-refractivity contribution >= 4 is 5.91 Å². The number of amides is 1. The van der Waals surface area contributed by atoms with Crippen molar-refractivity contribution in [3.63, 3.8) is 0 Å². The quantitative estimate of drug-likeness (QED) is 0.819. The van der Waals surface area contributed by atoms with E-state index in [1.54, 1.807) is 30.9 Å². The van der Waals surface area contributed by atoms with Crippen LogP contribution in [0.5, 0.6) is 0 Å². The Bertz CT molecular complexity index is 592. The summed E-state index contributed by atoms with van der Waals surface area (Å²) in [7, 11) is 0. The third-order valence-electron chi connectivity index (χ3n) is 4.22. The van der Waals surface area contributed by atoms with Crippen molar-refractivity contribution in [3.8, 4) is 0 Å². The molecule has 0 spiro atoms. The third-order valence-corrected chi connectivity index (χ3v) is 4.22. The van der Waals surface area contributed by atoms with E-state index in [-0.39, 0.29) is 18.4 Å². The van der Waals surface area contributed by atoms with Gasteiger partial charge in [-0.2, -0.15) is 13.2 Å². The zero-order chi connectivity index (χ0) is 18.6. The van der Waals surface area contributed by atoms with Gasteiger partial charge in [0.05, 0.1) is 6.54 Å². The van der Waals surface area contributed by atoms with Gasteiger partial charge in [0.25, 0.3) is 0 Å². The van der Waals surface area contributed by atoms with Gasteiger partial charge in [0.2, 0.25) is 5.91 Å². The summed E-state index contributed by atoms with van der Waals surface area (Å²) in [6.07, 6.45) is -4.44. The zero-order valence-corrected chi connectivity index (χ0v) is 14.3. The predicted molar refractivity (Wildman–Crippen MR) is 86.5 cm³/mol. The van der Waals surface area contributed by atoms with Crippen molar-refractivity contribution < 1.29 is 22.4 Å². The Hall–Kier alpha value is -1.67. The van der Waals surface area contributed by atoms with E-state index in [9.17, 15) is 22.4 Å². The van der Waals surface area contributed by atoms with Crippen LogP contribution in [0, 0.1) is 5.82 Å². The Morgan fingerprint density at radius 1 is 1.40 bits per heavy atom. The van der Waals surface area contributed by atoms with Crippen molar-refractivity contribution in [1.29, 1.82) is 0 Å². The number of benzene rings is 1. The molecule has 25 heavy (non-hydrogen) atoms. The van der Waals surface area contributed by atoms with Gasteiger partial charge in [-0.25, -0.2) is 4.39 Å². The minimum atomic E-state index is -4.44. The van der Waals surface area contributed by atoms with E-state index in [1.807, 2.05) is 0 Å². The maximum Gasteiger partial charge on any atom is 0.406 e. The normalized spacial score (nSPS) is 19.2. The fraction of sp³-hybridized carbons (Fsp3) is 0.588. The molecule has 2 rings (SSSR count). The first-order valence-corrected chi connectivity index (χ1v) is 8.24. The summed E-state index contributed by atoms with van der Waals surface area (Å²) in [6.45, 7) is 3.37. The summed E-state index contributed by atoms with van der Waals surface area (Å²) >= 11 is 0. The van der Waals surface area contributed by atoms with Crippen molar-refractivity contribution in [3.05, 3.63) is 35.6 Å². The van der Waals surface area contributed by atoms with Gasteiger partial charge in [-0.3, -0.25) is 9.69 Å². The molecule has 140 valence electrons. The van der Waals surface area contributed by atoms with Crippen LogP contribution in [0.1, 0.15) is 25.5 Å². The van der Waals surface area contributed by atoms with Crippen LogP contribution in [0.15, 0.2) is 24.3 Å². The summed E-state index contributed by atoms with van der Waals surface area (Å²) in [4.78, 5) is 15.1. The number of carbonyl (C=O) groups excluding carboxylic acids is 1. The number of nitrogens with one attached hydrogen (secondary N) is 1. The van der Waals surface area contributed by atoms with Crippen LogP contribution in [0.4, 0.5) is 17.6 Å². The highest BCUT2D eigenvalue weighted by atomic mass is 19.4. The Morgan fingerprint density at radius 3 is 2.72 bits per heavy atom. The number of carbonyl (C=O) groups is 1. The minimum Gasteiger partial charge on any atom is -0.330 e. The van der Waals surface area contributed by atoms with E-state index in [0.29, 0.717) is 25.2 Å². The number of piperazine rings is 1. The molecule has 1 saturated heterocycles. The van der Waals surface area contributed by atoms with Crippen molar-refractivity contribution in [2.45, 2.75) is 32.1 Å². The Kier molecular flexibility index (Phi) is 6.40. The topological polar surface area (TPSA) is 35.6 Å². The first kappa shape index (κ1) is 19.7. The van der Waals surface area contributed by atoms with E-state index in [1.165, 1.54) is 12.1 Å². The van der Waals surface area contributed by atoms with E-state index < -0.39 is 24.7 Å². The third kappa shape index (κ3) is 5.67. The van der Waals surface area contributed by atoms with Gasteiger partial charge in [0, 0.05) is 31.7 Å². The molecule has 1 aliphatic heterocycles. The first-order chi connectivity index (χ1) is 11.7. The summed E-state index contributed by atoms with van der Waals surface area (Å²) in [6, 6.07) is 5.26. The molecule has 1 amide bonds. The van der Waals surface area contributed by atoms with Crippen LogP contribution in [0.25, 0.3) is 0 Å². The van der Waals surface area contributed by atoms with Gasteiger partial charge < -0.3 is 10.2 Å². The molecule has 8 heteroatoms. The van der Waals surface area contributed by atoms with Crippen molar-refractivity contribution in [1.82, 2.24) is 15.1 Å². The smallest absolute Gasteiger partial charge is 0.330 e. The average molecular weight is 361 g/mol. The van der Waals surface area contributed by atoms with Gasteiger partial charge in [0.15, 0.2) is 0 Å². The van der Waals surface area contributed by atoms with Crippen LogP contribution in [-0.2, 0) is 4.79 Å². The highest BCUT2D eigenvalue weighted by Gasteiger charge is 2.35. The molecule has 1 heterocycles. The Morgan fingerprint density at radius 2 is 2.12 bits per heavy atom. The average Bonchev–Trinajstić information content (AvgIpc) is 2.52. The molecule has 1 fully saturated rings. The molecule has 0 saturated carbocycles. The zero-order valence-electron chi connectivity index (χ0n) is 14.3. The molecule has 1 unspecified atom stereocenters. The molecule has 0 bridgehead atoms. The highest BCUT2D eigenvalue weighted by molar-refractivity contribution is 5.78. The second-order valence-electron chi connectivity index (χ2n) is 6.48. The Labute approximate surface area is 144 Å². The van der Waals surface area contributed by atoms with E-state index in [4.69, 9.17) is 0 Å². The second-order valence-corrected chi connectivity index (χ2v) is 6.48. The molecule has 0 aliphatic carbocycles. The van der Waals surface area contributed by atoms with E-state index in [0.717, 1.165) is 4.90 Å². The van der Waals surface area contributed by atoms with Crippen molar-refractivity contribution in [2.24, 2.45) is 0 Å². The Balaban J connectivity index is 2.13. The maximum atomic E-state index is 13.5. The molecule has 1 aromatic carbocycles. The second kappa shape index (κ2) is 8.14. The van der Waals surface area contributed by atoms with Gasteiger partial charge in [-0.15, -0.1) is 0 Å². The summed E-state index contributed by atoms with van der Waals surface area (Å²) in [5, 5.41) is 3.18. The fourth-order valence-corrected chi connectivity index (χ4v) is 2.99. The lowest BCUT2D eigenvalue weighted by Crippen LogP contribution is -2.52. The molecule has 4 nitrogen and oxygen atoms in total. The predicted octanol–water partition coefficient (Wildman–Crippen LogP) is 2.57. The minimum absolute atomic E-state index is 0.128. The van der Waals surface area contributed by atoms with Crippen LogP contribution < -0.4 is 5.32 Å². The van der Waals surface area contributed by atoms with Crippen LogP contribution >= 0.6 is 0 Å². The lowest BCUT2D eigenvalue weighted by Gasteiger charge is -2.38. The van der Waals surface area contributed by atoms with E-state index >= 15 is 0 Å². The number of halogens is 4. The highest BCUT2D eigenvalue weighted by Crippen LogP contribution is 2.24.